The average molecular weight is 213 g/mol. The average Bonchev–Trinajstić information content (AvgIpc) is 2.44. The SMILES string of the molecule is CCCc1nc(Cl)c2n1CCC(C)C2. The summed E-state index contributed by atoms with van der Waals surface area (Å²) in [4.78, 5) is 4.44. The predicted octanol–water partition coefficient (Wildman–Crippen LogP) is 3.07. The van der Waals surface area contributed by atoms with Crippen molar-refractivity contribution in [3.63, 3.8) is 0 Å². The third kappa shape index (κ3) is 1.68. The Balaban J connectivity index is 2.33. The van der Waals surface area contributed by atoms with Gasteiger partial charge in [-0.05, 0) is 25.2 Å². The molecule has 0 saturated heterocycles. The molecule has 0 radical (unpaired) electrons. The number of halogens is 1. The molecular formula is C11H17ClN2. The zero-order valence-corrected chi connectivity index (χ0v) is 9.64. The summed E-state index contributed by atoms with van der Waals surface area (Å²) in [7, 11) is 0. The Morgan fingerprint density at radius 1 is 1.57 bits per heavy atom. The number of aryl methyl sites for hydroxylation is 1. The highest BCUT2D eigenvalue weighted by molar-refractivity contribution is 6.30. The molecule has 0 saturated carbocycles. The zero-order chi connectivity index (χ0) is 10.1. The maximum atomic E-state index is 6.13. The molecule has 14 heavy (non-hydrogen) atoms. The molecule has 1 unspecified atom stereocenters. The standard InChI is InChI=1S/C11H17ClN2/c1-3-4-10-13-11(12)9-7-8(2)5-6-14(9)10/h8H,3-7H2,1-2H3. The van der Waals surface area contributed by atoms with E-state index in [1.807, 2.05) is 0 Å². The molecule has 1 aliphatic heterocycles. The van der Waals surface area contributed by atoms with Crippen LogP contribution in [0.1, 0.15) is 38.2 Å². The fourth-order valence-electron chi connectivity index (χ4n) is 2.16. The molecule has 2 nitrogen and oxygen atoms in total. The molecule has 0 N–H and O–H groups in total. The van der Waals surface area contributed by atoms with Gasteiger partial charge >= 0.3 is 0 Å². The number of imidazole rings is 1. The topological polar surface area (TPSA) is 17.8 Å². The Morgan fingerprint density at radius 2 is 2.36 bits per heavy atom. The highest BCUT2D eigenvalue weighted by atomic mass is 35.5. The second-order valence-corrected chi connectivity index (χ2v) is 4.62. The van der Waals surface area contributed by atoms with E-state index in [2.05, 4.69) is 23.4 Å². The van der Waals surface area contributed by atoms with Crippen LogP contribution in [-0.2, 0) is 19.4 Å². The lowest BCUT2D eigenvalue weighted by Gasteiger charge is -2.21. The summed E-state index contributed by atoms with van der Waals surface area (Å²) in [6, 6.07) is 0. The molecular weight excluding hydrogens is 196 g/mol. The molecule has 2 heterocycles. The Morgan fingerprint density at radius 3 is 3.07 bits per heavy atom. The van der Waals surface area contributed by atoms with E-state index in [-0.39, 0.29) is 0 Å². The first-order valence-electron chi connectivity index (χ1n) is 5.46. The van der Waals surface area contributed by atoms with Crippen LogP contribution in [0.5, 0.6) is 0 Å². The van der Waals surface area contributed by atoms with Crippen molar-refractivity contribution in [3.05, 3.63) is 16.7 Å². The van der Waals surface area contributed by atoms with Crippen LogP contribution in [0.15, 0.2) is 0 Å². The quantitative estimate of drug-likeness (QED) is 0.737. The molecule has 0 bridgehead atoms. The van der Waals surface area contributed by atoms with Crippen LogP contribution in [-0.4, -0.2) is 9.55 Å². The third-order valence-corrected chi connectivity index (χ3v) is 3.27. The minimum absolute atomic E-state index is 0.736. The molecule has 3 heteroatoms. The van der Waals surface area contributed by atoms with Crippen LogP contribution in [0.25, 0.3) is 0 Å². The van der Waals surface area contributed by atoms with E-state index in [1.54, 1.807) is 0 Å². The highest BCUT2D eigenvalue weighted by Crippen LogP contribution is 2.27. The van der Waals surface area contributed by atoms with Gasteiger partial charge in [0, 0.05) is 13.0 Å². The van der Waals surface area contributed by atoms with Crippen LogP contribution in [0.3, 0.4) is 0 Å². The highest BCUT2D eigenvalue weighted by Gasteiger charge is 2.21. The minimum Gasteiger partial charge on any atom is -0.331 e. The predicted molar refractivity (Wildman–Crippen MR) is 58.7 cm³/mol. The van der Waals surface area contributed by atoms with E-state index in [4.69, 9.17) is 11.6 Å². The van der Waals surface area contributed by atoms with Gasteiger partial charge in [0.15, 0.2) is 5.15 Å². The van der Waals surface area contributed by atoms with Gasteiger partial charge in [-0.15, -0.1) is 0 Å². The zero-order valence-electron chi connectivity index (χ0n) is 8.89. The van der Waals surface area contributed by atoms with Gasteiger partial charge < -0.3 is 4.57 Å². The molecule has 0 amide bonds. The second-order valence-electron chi connectivity index (χ2n) is 4.27. The van der Waals surface area contributed by atoms with E-state index in [0.29, 0.717) is 0 Å². The first kappa shape index (κ1) is 10.0. The van der Waals surface area contributed by atoms with Crippen molar-refractivity contribution in [3.8, 4) is 0 Å². The molecule has 0 aliphatic carbocycles. The van der Waals surface area contributed by atoms with Crippen molar-refractivity contribution < 1.29 is 0 Å². The lowest BCUT2D eigenvalue weighted by Crippen LogP contribution is -2.18. The summed E-state index contributed by atoms with van der Waals surface area (Å²) in [5.74, 6) is 1.94. The number of aromatic nitrogens is 2. The Labute approximate surface area is 90.3 Å². The van der Waals surface area contributed by atoms with Gasteiger partial charge in [0.05, 0.1) is 5.69 Å². The van der Waals surface area contributed by atoms with Crippen molar-refractivity contribution in [1.82, 2.24) is 9.55 Å². The summed E-state index contributed by atoms with van der Waals surface area (Å²) in [5.41, 5.74) is 1.26. The fraction of sp³-hybridized carbons (Fsp3) is 0.727. The summed E-state index contributed by atoms with van der Waals surface area (Å²) in [6.45, 7) is 5.57. The normalized spacial score (nSPS) is 20.9. The fourth-order valence-corrected chi connectivity index (χ4v) is 2.44. The van der Waals surface area contributed by atoms with E-state index in [1.165, 1.54) is 17.9 Å². The lowest BCUT2D eigenvalue weighted by atomic mass is 9.98. The van der Waals surface area contributed by atoms with Crippen LogP contribution < -0.4 is 0 Å². The van der Waals surface area contributed by atoms with Crippen molar-refractivity contribution in [2.45, 2.75) is 46.1 Å². The van der Waals surface area contributed by atoms with Crippen molar-refractivity contribution in [1.29, 1.82) is 0 Å². The van der Waals surface area contributed by atoms with Crippen molar-refractivity contribution >= 4 is 11.6 Å². The summed E-state index contributed by atoms with van der Waals surface area (Å²) in [6.07, 6.45) is 4.54. The minimum atomic E-state index is 0.736. The summed E-state index contributed by atoms with van der Waals surface area (Å²) < 4.78 is 2.33. The molecule has 1 aromatic heterocycles. The first-order valence-corrected chi connectivity index (χ1v) is 5.84. The molecule has 1 atom stereocenters. The molecule has 0 fully saturated rings. The number of fused-ring (bicyclic) bond motifs is 1. The molecule has 0 aromatic carbocycles. The van der Waals surface area contributed by atoms with Gasteiger partial charge in [-0.2, -0.15) is 0 Å². The largest absolute Gasteiger partial charge is 0.331 e. The van der Waals surface area contributed by atoms with Crippen LogP contribution in [0.4, 0.5) is 0 Å². The van der Waals surface area contributed by atoms with Gasteiger partial charge in [0.25, 0.3) is 0 Å². The lowest BCUT2D eigenvalue weighted by molar-refractivity contribution is 0.408. The van der Waals surface area contributed by atoms with Gasteiger partial charge in [-0.25, -0.2) is 4.98 Å². The van der Waals surface area contributed by atoms with E-state index in [9.17, 15) is 0 Å². The molecule has 78 valence electrons. The molecule has 0 spiro atoms. The maximum absolute atomic E-state index is 6.13. The summed E-state index contributed by atoms with van der Waals surface area (Å²) in [5, 5.41) is 0.736. The second kappa shape index (κ2) is 3.93. The number of rotatable bonds is 2. The van der Waals surface area contributed by atoms with Gasteiger partial charge in [0.1, 0.15) is 5.82 Å². The number of nitrogens with zero attached hydrogens (tertiary/aromatic N) is 2. The Bertz CT molecular complexity index is 330. The van der Waals surface area contributed by atoms with E-state index < -0.39 is 0 Å². The van der Waals surface area contributed by atoms with Crippen LogP contribution in [0, 0.1) is 5.92 Å². The van der Waals surface area contributed by atoms with Gasteiger partial charge in [0.2, 0.25) is 0 Å². The first-order chi connectivity index (χ1) is 6.72. The maximum Gasteiger partial charge on any atom is 0.150 e. The monoisotopic (exact) mass is 212 g/mol. The van der Waals surface area contributed by atoms with Crippen molar-refractivity contribution in [2.75, 3.05) is 0 Å². The van der Waals surface area contributed by atoms with Crippen LogP contribution in [0.2, 0.25) is 5.15 Å². The molecule has 2 rings (SSSR count). The van der Waals surface area contributed by atoms with E-state index in [0.717, 1.165) is 36.9 Å². The molecule has 1 aromatic rings. The smallest absolute Gasteiger partial charge is 0.150 e. The summed E-state index contributed by atoms with van der Waals surface area (Å²) >= 11 is 6.13. The number of hydrogen-bond acceptors (Lipinski definition) is 1. The van der Waals surface area contributed by atoms with Crippen molar-refractivity contribution in [2.24, 2.45) is 5.92 Å². The number of hydrogen-bond donors (Lipinski definition) is 0. The third-order valence-electron chi connectivity index (χ3n) is 2.96. The van der Waals surface area contributed by atoms with Crippen LogP contribution >= 0.6 is 11.6 Å². The Hall–Kier alpha value is -0.500. The van der Waals surface area contributed by atoms with Gasteiger partial charge in [-0.3, -0.25) is 0 Å². The van der Waals surface area contributed by atoms with Gasteiger partial charge in [-0.1, -0.05) is 25.4 Å². The van der Waals surface area contributed by atoms with E-state index >= 15 is 0 Å². The Kier molecular flexibility index (Phi) is 2.82. The molecule has 1 aliphatic rings.